The molecule has 0 aliphatic carbocycles. The minimum Gasteiger partial charge on any atom is -0.493 e. The zero-order valence-corrected chi connectivity index (χ0v) is 22.0. The molecule has 0 atom stereocenters. The second-order valence-electron chi connectivity index (χ2n) is 10.0. The Morgan fingerprint density at radius 3 is 2.58 bits per heavy atom. The summed E-state index contributed by atoms with van der Waals surface area (Å²) in [7, 11) is 0. The normalized spacial score (nSPS) is 11.4. The number of pyridine rings is 1. The average Bonchev–Trinajstić information content (AvgIpc) is 3.23. The van der Waals surface area contributed by atoms with Crippen LogP contribution in [0.5, 0.6) is 11.6 Å². The van der Waals surface area contributed by atoms with Crippen molar-refractivity contribution in [1.29, 1.82) is 0 Å². The standard InChI is InChI=1S/C32H32N2O4/c1-20(2)19-27-29(21(3)16-17-33-27)26-13-7-12-24-25(31(34-30(24)26)38-32(35)36)14-8-18-37-28-15-6-10-22-9-4-5-11-23(22)28/h4-7,9-13,15-17,20,34H,8,14,18-19H2,1-3H3,(H,35,36). The van der Waals surface area contributed by atoms with E-state index in [9.17, 15) is 9.90 Å². The van der Waals surface area contributed by atoms with E-state index >= 15 is 0 Å². The van der Waals surface area contributed by atoms with Gasteiger partial charge in [0.2, 0.25) is 5.88 Å². The van der Waals surface area contributed by atoms with Crippen molar-refractivity contribution in [2.45, 2.75) is 40.0 Å². The highest BCUT2D eigenvalue weighted by molar-refractivity contribution is 5.99. The number of fused-ring (bicyclic) bond motifs is 2. The molecule has 0 spiro atoms. The van der Waals surface area contributed by atoms with E-state index in [4.69, 9.17) is 14.5 Å². The number of H-pyrrole nitrogens is 1. The second-order valence-corrected chi connectivity index (χ2v) is 10.0. The first-order valence-corrected chi connectivity index (χ1v) is 13.0. The number of hydrogen-bond donors (Lipinski definition) is 2. The Morgan fingerprint density at radius 2 is 1.76 bits per heavy atom. The molecule has 0 amide bonds. The van der Waals surface area contributed by atoms with E-state index < -0.39 is 6.16 Å². The Balaban J connectivity index is 1.46. The highest BCUT2D eigenvalue weighted by atomic mass is 16.7. The lowest BCUT2D eigenvalue weighted by molar-refractivity contribution is 0.142. The number of carbonyl (C=O) groups is 1. The third-order valence-electron chi connectivity index (χ3n) is 6.78. The van der Waals surface area contributed by atoms with E-state index in [1.165, 1.54) is 0 Å². The number of para-hydroxylation sites is 1. The summed E-state index contributed by atoms with van der Waals surface area (Å²) < 4.78 is 11.4. The zero-order valence-electron chi connectivity index (χ0n) is 22.0. The molecule has 0 unspecified atom stereocenters. The molecule has 194 valence electrons. The Kier molecular flexibility index (Phi) is 7.31. The number of nitrogens with zero attached hydrogens (tertiary/aromatic N) is 1. The number of aromatic amines is 1. The number of hydrogen-bond acceptors (Lipinski definition) is 4. The fourth-order valence-corrected chi connectivity index (χ4v) is 5.16. The van der Waals surface area contributed by atoms with Gasteiger partial charge in [-0.05, 0) is 55.2 Å². The molecular weight excluding hydrogens is 476 g/mol. The third-order valence-corrected chi connectivity index (χ3v) is 6.78. The summed E-state index contributed by atoms with van der Waals surface area (Å²) in [4.78, 5) is 19.5. The van der Waals surface area contributed by atoms with Gasteiger partial charge in [0.05, 0.1) is 12.1 Å². The minimum atomic E-state index is -1.34. The highest BCUT2D eigenvalue weighted by Crippen LogP contribution is 2.38. The molecule has 0 aliphatic heterocycles. The van der Waals surface area contributed by atoms with Gasteiger partial charge in [0.15, 0.2) is 0 Å². The van der Waals surface area contributed by atoms with Gasteiger partial charge in [-0.15, -0.1) is 0 Å². The fraction of sp³-hybridized carbons (Fsp3) is 0.250. The Bertz CT molecular complexity index is 1600. The van der Waals surface area contributed by atoms with Crippen molar-refractivity contribution < 1.29 is 19.4 Å². The minimum absolute atomic E-state index is 0.261. The lowest BCUT2D eigenvalue weighted by atomic mass is 9.93. The number of rotatable bonds is 9. The monoisotopic (exact) mass is 508 g/mol. The van der Waals surface area contributed by atoms with Crippen LogP contribution in [0.3, 0.4) is 0 Å². The Morgan fingerprint density at radius 1 is 1.00 bits per heavy atom. The molecule has 0 aliphatic rings. The van der Waals surface area contributed by atoms with Crippen LogP contribution < -0.4 is 9.47 Å². The van der Waals surface area contributed by atoms with Gasteiger partial charge in [-0.3, -0.25) is 4.98 Å². The summed E-state index contributed by atoms with van der Waals surface area (Å²) in [6.45, 7) is 6.94. The molecule has 38 heavy (non-hydrogen) atoms. The number of ether oxygens (including phenoxy) is 2. The largest absolute Gasteiger partial charge is 0.512 e. The molecular formula is C32H32N2O4. The summed E-state index contributed by atoms with van der Waals surface area (Å²) >= 11 is 0. The first-order chi connectivity index (χ1) is 18.4. The van der Waals surface area contributed by atoms with E-state index in [1.807, 2.05) is 48.7 Å². The lowest BCUT2D eigenvalue weighted by Crippen LogP contribution is -2.06. The van der Waals surface area contributed by atoms with Gasteiger partial charge in [-0.1, -0.05) is 68.4 Å². The van der Waals surface area contributed by atoms with Crippen molar-refractivity contribution >= 4 is 27.8 Å². The van der Waals surface area contributed by atoms with Crippen LogP contribution in [0, 0.1) is 12.8 Å². The number of nitrogens with one attached hydrogen (secondary N) is 1. The fourth-order valence-electron chi connectivity index (χ4n) is 5.16. The molecule has 2 heterocycles. The molecule has 0 saturated carbocycles. The maximum Gasteiger partial charge on any atom is 0.512 e. The first kappa shape index (κ1) is 25.3. The summed E-state index contributed by atoms with van der Waals surface area (Å²) in [5.74, 6) is 1.56. The van der Waals surface area contributed by atoms with E-state index in [-0.39, 0.29) is 5.88 Å². The molecule has 6 heteroatoms. The molecule has 5 rings (SSSR count). The lowest BCUT2D eigenvalue weighted by Gasteiger charge is -2.14. The van der Waals surface area contributed by atoms with Gasteiger partial charge in [0.1, 0.15) is 5.75 Å². The van der Waals surface area contributed by atoms with Crippen LogP contribution in [0.25, 0.3) is 32.8 Å². The topological polar surface area (TPSA) is 84.4 Å². The van der Waals surface area contributed by atoms with Crippen molar-refractivity contribution in [3.05, 3.63) is 89.7 Å². The number of aromatic nitrogens is 2. The van der Waals surface area contributed by atoms with Crippen molar-refractivity contribution in [2.24, 2.45) is 5.92 Å². The van der Waals surface area contributed by atoms with Crippen molar-refractivity contribution in [2.75, 3.05) is 6.61 Å². The molecule has 0 saturated heterocycles. The number of benzene rings is 3. The smallest absolute Gasteiger partial charge is 0.493 e. The average molecular weight is 509 g/mol. The summed E-state index contributed by atoms with van der Waals surface area (Å²) in [5, 5.41) is 12.6. The predicted octanol–water partition coefficient (Wildman–Crippen LogP) is 7.96. The maximum absolute atomic E-state index is 11.5. The van der Waals surface area contributed by atoms with Gasteiger partial charge >= 0.3 is 6.16 Å². The van der Waals surface area contributed by atoms with Gasteiger partial charge in [0.25, 0.3) is 0 Å². The van der Waals surface area contributed by atoms with Gasteiger partial charge in [-0.25, -0.2) is 4.79 Å². The molecule has 0 radical (unpaired) electrons. The quantitative estimate of drug-likeness (QED) is 0.156. The van der Waals surface area contributed by atoms with E-state index in [0.29, 0.717) is 25.4 Å². The van der Waals surface area contributed by atoms with Crippen LogP contribution in [-0.2, 0) is 12.8 Å². The molecule has 2 aromatic heterocycles. The third kappa shape index (κ3) is 5.21. The van der Waals surface area contributed by atoms with Crippen LogP contribution in [0.4, 0.5) is 4.79 Å². The van der Waals surface area contributed by atoms with Crippen LogP contribution >= 0.6 is 0 Å². The van der Waals surface area contributed by atoms with Gasteiger partial charge in [0, 0.05) is 39.4 Å². The van der Waals surface area contributed by atoms with Crippen LogP contribution in [-0.4, -0.2) is 27.8 Å². The molecule has 2 N–H and O–H groups in total. The van der Waals surface area contributed by atoms with Crippen LogP contribution in [0.2, 0.25) is 0 Å². The van der Waals surface area contributed by atoms with E-state index in [2.05, 4.69) is 50.0 Å². The van der Waals surface area contributed by atoms with Gasteiger partial charge < -0.3 is 19.6 Å². The molecule has 6 nitrogen and oxygen atoms in total. The van der Waals surface area contributed by atoms with Crippen molar-refractivity contribution in [3.63, 3.8) is 0 Å². The Hall–Kier alpha value is -4.32. The highest BCUT2D eigenvalue weighted by Gasteiger charge is 2.20. The number of aryl methyl sites for hydroxylation is 2. The van der Waals surface area contributed by atoms with E-state index in [1.54, 1.807) is 0 Å². The molecule has 0 fully saturated rings. The second kappa shape index (κ2) is 11.0. The predicted molar refractivity (Wildman–Crippen MR) is 151 cm³/mol. The Labute approximate surface area is 222 Å². The summed E-state index contributed by atoms with van der Waals surface area (Å²) in [5.41, 5.74) is 5.93. The van der Waals surface area contributed by atoms with Crippen LogP contribution in [0.1, 0.15) is 37.1 Å². The van der Waals surface area contributed by atoms with Crippen LogP contribution in [0.15, 0.2) is 72.9 Å². The molecule has 3 aromatic carbocycles. The summed E-state index contributed by atoms with van der Waals surface area (Å²) in [6, 6.07) is 22.3. The molecule has 5 aromatic rings. The SMILES string of the molecule is Cc1ccnc(CC(C)C)c1-c1cccc2c(CCCOc3cccc4ccccc34)c(OC(=O)O)[nH]c12. The summed E-state index contributed by atoms with van der Waals surface area (Å²) in [6.07, 6.45) is 2.66. The van der Waals surface area contributed by atoms with Crippen molar-refractivity contribution in [3.8, 4) is 22.8 Å². The maximum atomic E-state index is 11.5. The molecule has 0 bridgehead atoms. The first-order valence-electron chi connectivity index (χ1n) is 13.0. The van der Waals surface area contributed by atoms with Crippen molar-refractivity contribution in [1.82, 2.24) is 9.97 Å². The van der Waals surface area contributed by atoms with E-state index in [0.717, 1.165) is 61.8 Å². The number of carboxylic acid groups (broad SMARTS) is 1. The van der Waals surface area contributed by atoms with Gasteiger partial charge in [-0.2, -0.15) is 0 Å². The zero-order chi connectivity index (χ0) is 26.6.